The average Bonchev–Trinajstić information content (AvgIpc) is 3.11. The van der Waals surface area contributed by atoms with E-state index in [-0.39, 0.29) is 18.0 Å². The van der Waals surface area contributed by atoms with Crippen molar-refractivity contribution in [3.05, 3.63) is 56.2 Å². The van der Waals surface area contributed by atoms with E-state index in [1.807, 2.05) is 24.3 Å². The first-order valence-corrected chi connectivity index (χ1v) is 9.26. The number of hydrogen-bond acceptors (Lipinski definition) is 7. The minimum absolute atomic E-state index is 0.142. The summed E-state index contributed by atoms with van der Waals surface area (Å²) in [5.41, 5.74) is 0.553. The minimum atomic E-state index is -0.340. The van der Waals surface area contributed by atoms with E-state index in [1.54, 1.807) is 18.7 Å². The molecule has 2 aromatic heterocycles. The van der Waals surface area contributed by atoms with Crippen molar-refractivity contribution in [3.8, 4) is 16.2 Å². The number of benzene rings is 1. The summed E-state index contributed by atoms with van der Waals surface area (Å²) in [4.78, 5) is 29.2. The lowest BCUT2D eigenvalue weighted by molar-refractivity contribution is -0.116. The van der Waals surface area contributed by atoms with Crippen LogP contribution in [0.5, 0.6) is 5.75 Å². The molecule has 3 aromatic rings. The van der Waals surface area contributed by atoms with Gasteiger partial charge in [0, 0.05) is 22.5 Å². The van der Waals surface area contributed by atoms with Crippen molar-refractivity contribution >= 4 is 45.9 Å². The lowest BCUT2D eigenvalue weighted by Crippen LogP contribution is -2.27. The number of anilines is 1. The molecule has 0 radical (unpaired) electrons. The van der Waals surface area contributed by atoms with Gasteiger partial charge in [0.05, 0.1) is 7.11 Å². The number of methoxy groups -OCH3 is 1. The molecule has 0 unspecified atom stereocenters. The topological polar surface area (TPSA) is 73.2 Å². The highest BCUT2D eigenvalue weighted by atomic mass is 32.1. The molecule has 1 aromatic carbocycles. The second kappa shape index (κ2) is 7.68. The van der Waals surface area contributed by atoms with E-state index >= 15 is 0 Å². The third-order valence-electron chi connectivity index (χ3n) is 3.29. The second-order valence-electron chi connectivity index (χ2n) is 4.91. The van der Waals surface area contributed by atoms with Gasteiger partial charge in [-0.15, -0.1) is 22.7 Å². The second-order valence-corrected chi connectivity index (χ2v) is 7.49. The molecule has 0 aliphatic heterocycles. The van der Waals surface area contributed by atoms with Crippen LogP contribution in [-0.2, 0) is 11.3 Å². The number of carbonyl (C=O) groups excluding carboxylic acids is 1. The highest BCUT2D eigenvalue weighted by Crippen LogP contribution is 2.25. The van der Waals surface area contributed by atoms with Crippen LogP contribution in [-0.4, -0.2) is 22.6 Å². The standard InChI is InChI=1S/C16H13N3O3S3/c1-22-11-4-2-10(3-5-11)12-8-14(21)19(16(23)25-12)9-13(20)18-15-17-6-7-24-15/h2-8H,9H2,1H3,(H,17,18,20). The fraction of sp³-hybridized carbons (Fsp3) is 0.125. The summed E-state index contributed by atoms with van der Waals surface area (Å²) < 4.78 is 6.74. The lowest BCUT2D eigenvalue weighted by atomic mass is 10.2. The number of ether oxygens (including phenoxy) is 1. The zero-order chi connectivity index (χ0) is 17.8. The summed E-state index contributed by atoms with van der Waals surface area (Å²) in [5.74, 6) is 0.395. The van der Waals surface area contributed by atoms with Crippen LogP contribution in [0.2, 0.25) is 0 Å². The van der Waals surface area contributed by atoms with E-state index in [1.165, 1.54) is 33.3 Å². The third-order valence-corrected chi connectivity index (χ3v) is 5.42. The van der Waals surface area contributed by atoms with E-state index in [9.17, 15) is 9.59 Å². The van der Waals surface area contributed by atoms with E-state index in [0.29, 0.717) is 9.09 Å². The minimum Gasteiger partial charge on any atom is -0.497 e. The van der Waals surface area contributed by atoms with Gasteiger partial charge in [-0.1, -0.05) is 0 Å². The molecule has 0 spiro atoms. The smallest absolute Gasteiger partial charge is 0.254 e. The van der Waals surface area contributed by atoms with Crippen molar-refractivity contribution in [1.82, 2.24) is 9.55 Å². The van der Waals surface area contributed by atoms with Gasteiger partial charge in [-0.3, -0.25) is 14.2 Å². The molecule has 0 saturated carbocycles. The predicted octanol–water partition coefficient (Wildman–Crippen LogP) is 3.41. The molecule has 25 heavy (non-hydrogen) atoms. The molecule has 0 fully saturated rings. The molecule has 0 aliphatic carbocycles. The summed E-state index contributed by atoms with van der Waals surface area (Å²) >= 11 is 7.89. The lowest BCUT2D eigenvalue weighted by Gasteiger charge is -2.07. The van der Waals surface area contributed by atoms with E-state index in [2.05, 4.69) is 10.3 Å². The van der Waals surface area contributed by atoms with E-state index in [0.717, 1.165) is 16.2 Å². The Balaban J connectivity index is 1.83. The van der Waals surface area contributed by atoms with E-state index < -0.39 is 0 Å². The Labute approximate surface area is 156 Å². The van der Waals surface area contributed by atoms with Gasteiger partial charge in [-0.05, 0) is 42.0 Å². The van der Waals surface area contributed by atoms with E-state index in [4.69, 9.17) is 17.0 Å². The molecule has 1 N–H and O–H groups in total. The number of carbonyl (C=O) groups is 1. The van der Waals surface area contributed by atoms with Crippen molar-refractivity contribution < 1.29 is 9.53 Å². The fourth-order valence-corrected chi connectivity index (χ4v) is 3.92. The van der Waals surface area contributed by atoms with Gasteiger partial charge in [0.25, 0.3) is 5.56 Å². The fourth-order valence-electron chi connectivity index (χ4n) is 2.09. The van der Waals surface area contributed by atoms with Crippen LogP contribution in [0.3, 0.4) is 0 Å². The van der Waals surface area contributed by atoms with Crippen molar-refractivity contribution in [3.63, 3.8) is 0 Å². The Morgan fingerprint density at radius 2 is 2.12 bits per heavy atom. The monoisotopic (exact) mass is 391 g/mol. The molecule has 3 rings (SSSR count). The maximum absolute atomic E-state index is 12.4. The number of amides is 1. The SMILES string of the molecule is COc1ccc(-c2cc(=O)n(CC(=O)Nc3nccs3)c(=S)s2)cc1. The Kier molecular flexibility index (Phi) is 5.37. The van der Waals surface area contributed by atoms with Crippen LogP contribution in [0.1, 0.15) is 0 Å². The Hall–Kier alpha value is -2.36. The van der Waals surface area contributed by atoms with Crippen molar-refractivity contribution in [2.45, 2.75) is 6.54 Å². The number of nitrogens with one attached hydrogen (secondary N) is 1. The molecule has 0 saturated heterocycles. The number of nitrogens with zero attached hydrogens (tertiary/aromatic N) is 2. The summed E-state index contributed by atoms with van der Waals surface area (Å²) in [7, 11) is 1.59. The van der Waals surface area contributed by atoms with Gasteiger partial charge in [-0.25, -0.2) is 4.98 Å². The van der Waals surface area contributed by atoms with Crippen LogP contribution in [0, 0.1) is 3.95 Å². The Morgan fingerprint density at radius 3 is 2.72 bits per heavy atom. The van der Waals surface area contributed by atoms with Crippen molar-refractivity contribution in [2.75, 3.05) is 12.4 Å². The molecule has 9 heteroatoms. The molecular weight excluding hydrogens is 378 g/mol. The number of aromatic nitrogens is 2. The van der Waals surface area contributed by atoms with Gasteiger partial charge in [0.2, 0.25) is 5.91 Å². The number of rotatable bonds is 5. The molecule has 0 aliphatic rings. The molecule has 1 amide bonds. The van der Waals surface area contributed by atoms with Gasteiger partial charge < -0.3 is 10.1 Å². The molecule has 6 nitrogen and oxygen atoms in total. The first-order valence-electron chi connectivity index (χ1n) is 7.15. The third kappa shape index (κ3) is 4.19. The molecule has 0 atom stereocenters. The highest BCUT2D eigenvalue weighted by molar-refractivity contribution is 7.73. The molecular formula is C16H13N3O3S3. The predicted molar refractivity (Wildman–Crippen MR) is 102 cm³/mol. The quantitative estimate of drug-likeness (QED) is 0.675. The summed E-state index contributed by atoms with van der Waals surface area (Å²) in [5, 5.41) is 4.88. The maximum Gasteiger partial charge on any atom is 0.254 e. The van der Waals surface area contributed by atoms with Crippen molar-refractivity contribution in [2.24, 2.45) is 0 Å². The maximum atomic E-state index is 12.4. The highest BCUT2D eigenvalue weighted by Gasteiger charge is 2.10. The average molecular weight is 391 g/mol. The van der Waals surface area contributed by atoms with Gasteiger partial charge >= 0.3 is 0 Å². The summed E-state index contributed by atoms with van der Waals surface area (Å²) in [6.07, 6.45) is 1.59. The van der Waals surface area contributed by atoms with Gasteiger partial charge in [-0.2, -0.15) is 0 Å². The van der Waals surface area contributed by atoms with Crippen molar-refractivity contribution in [1.29, 1.82) is 0 Å². The molecule has 2 heterocycles. The first-order chi connectivity index (χ1) is 12.1. The number of thiazole rings is 1. The summed E-state index contributed by atoms with van der Waals surface area (Å²) in [6, 6.07) is 8.84. The van der Waals surface area contributed by atoms with Crippen LogP contribution < -0.4 is 15.6 Å². The van der Waals surface area contributed by atoms with Crippen LogP contribution in [0.15, 0.2) is 46.7 Å². The van der Waals surface area contributed by atoms with Crippen LogP contribution >= 0.6 is 34.9 Å². The zero-order valence-electron chi connectivity index (χ0n) is 13.1. The Morgan fingerprint density at radius 1 is 1.36 bits per heavy atom. The van der Waals surface area contributed by atoms with Crippen LogP contribution in [0.4, 0.5) is 5.13 Å². The zero-order valence-corrected chi connectivity index (χ0v) is 15.5. The largest absolute Gasteiger partial charge is 0.497 e. The van der Waals surface area contributed by atoms with Gasteiger partial charge in [0.1, 0.15) is 12.3 Å². The first kappa shape index (κ1) is 17.5. The number of hydrogen-bond donors (Lipinski definition) is 1. The van der Waals surface area contributed by atoms with Crippen LogP contribution in [0.25, 0.3) is 10.4 Å². The normalized spacial score (nSPS) is 10.4. The summed E-state index contributed by atoms with van der Waals surface area (Å²) in [6.45, 7) is -0.142. The van der Waals surface area contributed by atoms with Gasteiger partial charge in [0.15, 0.2) is 9.09 Å². The molecule has 128 valence electrons. The Bertz CT molecular complexity index is 961. The molecule has 0 bridgehead atoms.